The topological polar surface area (TPSA) is 64.0 Å². The highest BCUT2D eigenvalue weighted by atomic mass is 16.3. The smallest absolute Gasteiger partial charge is 0.246 e. The van der Waals surface area contributed by atoms with Gasteiger partial charge in [-0.05, 0) is 92.5 Å². The predicted molar refractivity (Wildman–Crippen MR) is 159 cm³/mol. The lowest BCUT2D eigenvalue weighted by Gasteiger charge is -2.65. The van der Waals surface area contributed by atoms with Gasteiger partial charge in [-0.15, -0.1) is 0 Å². The number of carbonyl (C=O) groups excluding carboxylic acids is 1. The van der Waals surface area contributed by atoms with E-state index < -0.39 is 11.0 Å². The summed E-state index contributed by atoms with van der Waals surface area (Å²) >= 11 is 0. The first-order valence-electron chi connectivity index (χ1n) is 14.6. The molecule has 0 radical (unpaired) electrons. The average Bonchev–Trinajstić information content (AvgIpc) is 2.96. The molecule has 3 aromatic rings. The minimum absolute atomic E-state index is 0.0137. The van der Waals surface area contributed by atoms with Crippen molar-refractivity contribution in [2.24, 2.45) is 0 Å². The second-order valence-electron chi connectivity index (χ2n) is 12.2. The number of hydrogen-bond acceptors (Lipinski definition) is 4. The van der Waals surface area contributed by atoms with Crippen LogP contribution in [0.2, 0.25) is 0 Å². The van der Waals surface area contributed by atoms with Crippen molar-refractivity contribution < 1.29 is 15.0 Å². The highest BCUT2D eigenvalue weighted by Crippen LogP contribution is 2.59. The molecule has 5 heteroatoms. The van der Waals surface area contributed by atoms with Crippen LogP contribution >= 0.6 is 0 Å². The maximum atomic E-state index is 13.3. The van der Waals surface area contributed by atoms with Gasteiger partial charge in [-0.3, -0.25) is 9.69 Å². The van der Waals surface area contributed by atoms with Crippen molar-refractivity contribution in [3.63, 3.8) is 0 Å². The van der Waals surface area contributed by atoms with Gasteiger partial charge >= 0.3 is 0 Å². The second-order valence-corrected chi connectivity index (χ2v) is 12.2. The van der Waals surface area contributed by atoms with E-state index in [4.69, 9.17) is 0 Å². The number of aliphatic hydroxyl groups is 1. The number of aryl methyl sites for hydroxylation is 1. The molecule has 208 valence electrons. The van der Waals surface area contributed by atoms with Gasteiger partial charge < -0.3 is 15.1 Å². The van der Waals surface area contributed by atoms with E-state index >= 15 is 0 Å². The first kappa shape index (κ1) is 26.8. The summed E-state index contributed by atoms with van der Waals surface area (Å²) in [6.45, 7) is 3.85. The summed E-state index contributed by atoms with van der Waals surface area (Å²) in [5.41, 5.74) is 4.39. The molecule has 6 rings (SSSR count). The average molecular weight is 537 g/mol. The Morgan fingerprint density at radius 1 is 1.07 bits per heavy atom. The fraction of sp³-hybridized carbons (Fsp3) is 0.400. The minimum atomic E-state index is -0.902. The molecule has 3 aliphatic rings. The Morgan fingerprint density at radius 3 is 2.70 bits per heavy atom. The molecular formula is C35H40N2O3. The van der Waals surface area contributed by atoms with Crippen LogP contribution in [0.15, 0.2) is 78.9 Å². The van der Waals surface area contributed by atoms with E-state index in [1.807, 2.05) is 61.3 Å². The van der Waals surface area contributed by atoms with Crippen molar-refractivity contribution >= 4 is 12.0 Å². The number of phenolic OH excluding ortho intramolecular Hbond substituents is 1. The number of hydrogen-bond donors (Lipinski definition) is 2. The van der Waals surface area contributed by atoms with E-state index in [2.05, 4.69) is 35.2 Å². The van der Waals surface area contributed by atoms with Crippen molar-refractivity contribution in [1.29, 1.82) is 0 Å². The summed E-state index contributed by atoms with van der Waals surface area (Å²) in [4.78, 5) is 17.7. The van der Waals surface area contributed by atoms with Gasteiger partial charge in [-0.1, -0.05) is 66.2 Å². The van der Waals surface area contributed by atoms with Gasteiger partial charge in [0.2, 0.25) is 5.91 Å². The Hall–Kier alpha value is -3.41. The maximum absolute atomic E-state index is 13.3. The highest BCUT2D eigenvalue weighted by Gasteiger charge is 2.64. The van der Waals surface area contributed by atoms with Crippen LogP contribution in [-0.2, 0) is 23.1 Å². The quantitative estimate of drug-likeness (QED) is 0.422. The van der Waals surface area contributed by atoms with Crippen molar-refractivity contribution in [1.82, 2.24) is 9.80 Å². The van der Waals surface area contributed by atoms with Crippen LogP contribution < -0.4 is 0 Å². The molecule has 3 aromatic carbocycles. The number of likely N-dealkylation sites (N-methyl/N-ethyl adjacent to an activating group) is 1. The molecule has 1 saturated heterocycles. The van der Waals surface area contributed by atoms with Gasteiger partial charge in [0.15, 0.2) is 0 Å². The number of fused-ring (bicyclic) bond motifs is 1. The molecule has 4 atom stereocenters. The number of amides is 1. The number of carbonyl (C=O) groups is 1. The van der Waals surface area contributed by atoms with Crippen LogP contribution in [-0.4, -0.2) is 63.7 Å². The van der Waals surface area contributed by atoms with Crippen LogP contribution in [0.1, 0.15) is 53.5 Å². The van der Waals surface area contributed by atoms with E-state index in [1.165, 1.54) is 11.1 Å². The number of phenols is 1. The Kier molecular flexibility index (Phi) is 7.05. The number of piperidine rings is 1. The zero-order chi connectivity index (χ0) is 27.9. The van der Waals surface area contributed by atoms with Gasteiger partial charge in [0.1, 0.15) is 5.75 Å². The summed E-state index contributed by atoms with van der Waals surface area (Å²) < 4.78 is 0. The molecule has 1 amide bonds. The Bertz CT molecular complexity index is 1420. The predicted octanol–water partition coefficient (Wildman–Crippen LogP) is 5.27. The molecule has 2 fully saturated rings. The first-order chi connectivity index (χ1) is 19.3. The number of aromatic hydroxyl groups is 1. The largest absolute Gasteiger partial charge is 0.508 e. The van der Waals surface area contributed by atoms with Gasteiger partial charge in [-0.2, -0.15) is 0 Å². The maximum Gasteiger partial charge on any atom is 0.246 e. The van der Waals surface area contributed by atoms with Gasteiger partial charge in [0.25, 0.3) is 0 Å². The third-order valence-electron chi connectivity index (χ3n) is 10.00. The summed E-state index contributed by atoms with van der Waals surface area (Å²) in [5, 5.41) is 23.2. The summed E-state index contributed by atoms with van der Waals surface area (Å²) in [5.74, 6) is 0.227. The monoisotopic (exact) mass is 536 g/mol. The lowest BCUT2D eigenvalue weighted by Crippen LogP contribution is -2.74. The lowest BCUT2D eigenvalue weighted by molar-refractivity contribution is -0.176. The van der Waals surface area contributed by atoms with Crippen LogP contribution in [0.25, 0.3) is 6.08 Å². The van der Waals surface area contributed by atoms with Crippen molar-refractivity contribution in [3.8, 4) is 5.75 Å². The minimum Gasteiger partial charge on any atom is -0.508 e. The van der Waals surface area contributed by atoms with E-state index in [9.17, 15) is 15.0 Å². The molecular weight excluding hydrogens is 496 g/mol. The SMILES string of the molecule is Cc1cccc(C=CC(=O)N(C)[C@@H]2CC[C@@]3(O)[C@H]4Cc5ccc(O)cc5[C@@]3(CCN4CCc3ccccc3)C2)c1. The fourth-order valence-electron chi connectivity index (χ4n) is 7.83. The third kappa shape index (κ3) is 4.65. The van der Waals surface area contributed by atoms with Crippen LogP contribution in [0.4, 0.5) is 0 Å². The third-order valence-corrected chi connectivity index (χ3v) is 10.00. The van der Waals surface area contributed by atoms with Crippen LogP contribution in [0.5, 0.6) is 5.75 Å². The van der Waals surface area contributed by atoms with E-state index in [0.717, 1.165) is 55.5 Å². The highest BCUT2D eigenvalue weighted by molar-refractivity contribution is 5.91. The zero-order valence-corrected chi connectivity index (χ0v) is 23.6. The first-order valence-corrected chi connectivity index (χ1v) is 14.6. The number of likely N-dealkylation sites (tertiary alicyclic amines) is 1. The molecule has 1 saturated carbocycles. The Balaban J connectivity index is 1.27. The van der Waals surface area contributed by atoms with Gasteiger partial charge in [0, 0.05) is 37.2 Å². The van der Waals surface area contributed by atoms with Gasteiger partial charge in [-0.25, -0.2) is 0 Å². The van der Waals surface area contributed by atoms with Crippen LogP contribution in [0, 0.1) is 6.92 Å². The molecule has 1 heterocycles. The molecule has 2 bridgehead atoms. The number of benzene rings is 3. The molecule has 2 N–H and O–H groups in total. The molecule has 5 nitrogen and oxygen atoms in total. The molecule has 0 spiro atoms. The summed E-state index contributed by atoms with van der Waals surface area (Å²) in [6, 6.07) is 24.4. The normalized spacial score (nSPS) is 27.7. The lowest BCUT2D eigenvalue weighted by atomic mass is 9.48. The summed E-state index contributed by atoms with van der Waals surface area (Å²) in [6.07, 6.45) is 8.19. The second kappa shape index (κ2) is 10.5. The molecule has 40 heavy (non-hydrogen) atoms. The summed E-state index contributed by atoms with van der Waals surface area (Å²) in [7, 11) is 1.90. The van der Waals surface area contributed by atoms with Crippen molar-refractivity contribution in [2.75, 3.05) is 20.1 Å². The number of rotatable bonds is 6. The number of nitrogens with zero attached hydrogens (tertiary/aromatic N) is 2. The van der Waals surface area contributed by atoms with E-state index in [-0.39, 0.29) is 23.7 Å². The zero-order valence-electron chi connectivity index (χ0n) is 23.6. The molecule has 1 aliphatic heterocycles. The van der Waals surface area contributed by atoms with Crippen molar-refractivity contribution in [2.45, 2.75) is 68.5 Å². The van der Waals surface area contributed by atoms with E-state index in [1.54, 1.807) is 12.1 Å². The van der Waals surface area contributed by atoms with E-state index in [0.29, 0.717) is 12.8 Å². The van der Waals surface area contributed by atoms with Gasteiger partial charge in [0.05, 0.1) is 5.60 Å². The fourth-order valence-corrected chi connectivity index (χ4v) is 7.83. The molecule has 2 aliphatic carbocycles. The Labute approximate surface area is 237 Å². The molecule has 0 unspecified atom stereocenters. The van der Waals surface area contributed by atoms with Crippen LogP contribution in [0.3, 0.4) is 0 Å². The Morgan fingerprint density at radius 2 is 1.90 bits per heavy atom. The van der Waals surface area contributed by atoms with Crippen molar-refractivity contribution in [3.05, 3.63) is 107 Å². The standard InChI is InChI=1S/C35H40N2O3/c1-25-7-6-10-27(21-25)11-14-33(39)36(2)29-15-17-35(40)32-22-28-12-13-30(38)23-31(28)34(35,24-29)18-20-37(32)19-16-26-8-4-3-5-9-26/h3-14,21,23,29,32,38,40H,15-20,22,24H2,1-2H3/t29-,32-,34-,35-/m1/s1. The molecule has 0 aromatic heterocycles.